The van der Waals surface area contributed by atoms with Gasteiger partial charge in [0.1, 0.15) is 12.4 Å². The van der Waals surface area contributed by atoms with E-state index in [-0.39, 0.29) is 24.1 Å². The van der Waals surface area contributed by atoms with Crippen LogP contribution in [0.25, 0.3) is 0 Å². The molecule has 1 amide bonds. The number of hydrogen-bond donors (Lipinski definition) is 1. The minimum atomic E-state index is -0.259. The normalized spacial score (nSPS) is 19.7. The van der Waals surface area contributed by atoms with Crippen molar-refractivity contribution in [1.29, 1.82) is 0 Å². The third-order valence-corrected chi connectivity index (χ3v) is 6.00. The van der Waals surface area contributed by atoms with Crippen LogP contribution in [-0.4, -0.2) is 48.0 Å². The number of ether oxygens (including phenoxy) is 1. The fourth-order valence-electron chi connectivity index (χ4n) is 4.26. The lowest BCUT2D eigenvalue weighted by atomic mass is 9.90. The monoisotopic (exact) mass is 410 g/mol. The summed E-state index contributed by atoms with van der Waals surface area (Å²) in [6, 6.07) is 13.9. The smallest absolute Gasteiger partial charge is 0.267 e. The summed E-state index contributed by atoms with van der Waals surface area (Å²) < 4.78 is 6.78. The summed E-state index contributed by atoms with van der Waals surface area (Å²) in [7, 11) is 0. The maximum atomic E-state index is 12.2. The highest BCUT2D eigenvalue weighted by atomic mass is 16.5. The summed E-state index contributed by atoms with van der Waals surface area (Å²) in [4.78, 5) is 26.6. The fourth-order valence-corrected chi connectivity index (χ4v) is 4.26. The van der Waals surface area contributed by atoms with Crippen molar-refractivity contribution in [1.82, 2.24) is 15.1 Å². The van der Waals surface area contributed by atoms with E-state index in [9.17, 15) is 9.59 Å². The molecule has 4 rings (SSSR count). The molecule has 160 valence electrons. The van der Waals surface area contributed by atoms with E-state index in [1.165, 1.54) is 16.3 Å². The van der Waals surface area contributed by atoms with E-state index in [0.29, 0.717) is 12.5 Å². The summed E-state index contributed by atoms with van der Waals surface area (Å²) in [6.45, 7) is 3.00. The number of aromatic nitrogens is 2. The number of benzene rings is 1. The molecule has 1 N–H and O–H groups in total. The van der Waals surface area contributed by atoms with Crippen LogP contribution in [0.15, 0.2) is 47.3 Å². The average molecular weight is 411 g/mol. The van der Waals surface area contributed by atoms with E-state index in [1.807, 2.05) is 0 Å². The zero-order valence-corrected chi connectivity index (χ0v) is 17.3. The lowest BCUT2D eigenvalue weighted by Gasteiger charge is -2.33. The van der Waals surface area contributed by atoms with Gasteiger partial charge in [-0.2, -0.15) is 5.10 Å². The van der Waals surface area contributed by atoms with Crippen molar-refractivity contribution in [2.24, 2.45) is 5.92 Å². The first kappa shape index (κ1) is 20.6. The number of carbonyl (C=O) groups excluding carboxylic acids is 1. The van der Waals surface area contributed by atoms with E-state index in [2.05, 4.69) is 45.6 Å². The van der Waals surface area contributed by atoms with Crippen molar-refractivity contribution in [3.05, 3.63) is 58.4 Å². The third-order valence-electron chi connectivity index (χ3n) is 6.00. The van der Waals surface area contributed by atoms with E-state index >= 15 is 0 Å². The predicted molar refractivity (Wildman–Crippen MR) is 116 cm³/mol. The van der Waals surface area contributed by atoms with E-state index in [4.69, 9.17) is 4.74 Å². The molecule has 2 aliphatic rings. The highest BCUT2D eigenvalue weighted by Crippen LogP contribution is 2.24. The Morgan fingerprint density at radius 2 is 1.90 bits per heavy atom. The van der Waals surface area contributed by atoms with Gasteiger partial charge in [0, 0.05) is 32.3 Å². The van der Waals surface area contributed by atoms with Gasteiger partial charge in [-0.25, -0.2) is 4.68 Å². The number of hydrogen-bond acceptors (Lipinski definition) is 5. The summed E-state index contributed by atoms with van der Waals surface area (Å²) in [5, 5.41) is 7.31. The van der Waals surface area contributed by atoms with Gasteiger partial charge in [0.05, 0.1) is 6.10 Å². The second kappa shape index (κ2) is 9.89. The van der Waals surface area contributed by atoms with Gasteiger partial charge in [-0.05, 0) is 49.7 Å². The standard InChI is InChI=1S/C23H30N4O3/c28-22(24-16-20-7-4-14-30-20)17-27-23(29)9-8-21(25-27)26-12-10-19(11-13-26)15-18-5-2-1-3-6-18/h1-3,5-6,8-9,19-20H,4,7,10-17H2,(H,24,28). The van der Waals surface area contributed by atoms with Crippen molar-refractivity contribution in [3.63, 3.8) is 0 Å². The SMILES string of the molecule is O=C(Cn1nc(N2CCC(Cc3ccccc3)CC2)ccc1=O)NCC1CCCO1. The Kier molecular flexibility index (Phi) is 6.79. The first-order chi connectivity index (χ1) is 14.7. The molecule has 2 saturated heterocycles. The second-order valence-electron chi connectivity index (χ2n) is 8.25. The minimum Gasteiger partial charge on any atom is -0.376 e. The number of nitrogens with one attached hydrogen (secondary N) is 1. The van der Waals surface area contributed by atoms with Crippen molar-refractivity contribution >= 4 is 11.7 Å². The van der Waals surface area contributed by atoms with Gasteiger partial charge in [0.2, 0.25) is 5.91 Å². The van der Waals surface area contributed by atoms with E-state index in [1.54, 1.807) is 6.07 Å². The van der Waals surface area contributed by atoms with Crippen LogP contribution in [0.5, 0.6) is 0 Å². The second-order valence-corrected chi connectivity index (χ2v) is 8.25. The largest absolute Gasteiger partial charge is 0.376 e. The lowest BCUT2D eigenvalue weighted by molar-refractivity contribution is -0.122. The number of rotatable bonds is 7. The van der Waals surface area contributed by atoms with Gasteiger partial charge in [-0.3, -0.25) is 9.59 Å². The Hall–Kier alpha value is -2.67. The highest BCUT2D eigenvalue weighted by Gasteiger charge is 2.21. The highest BCUT2D eigenvalue weighted by molar-refractivity contribution is 5.75. The molecule has 0 bridgehead atoms. The third kappa shape index (κ3) is 5.48. The lowest BCUT2D eigenvalue weighted by Crippen LogP contribution is -2.39. The molecule has 2 aromatic rings. The number of carbonyl (C=O) groups is 1. The number of piperidine rings is 1. The summed E-state index contributed by atoms with van der Waals surface area (Å²) in [6.07, 6.45) is 5.38. The van der Waals surface area contributed by atoms with Crippen molar-refractivity contribution in [3.8, 4) is 0 Å². The molecule has 0 aliphatic carbocycles. The molecule has 2 fully saturated rings. The summed E-state index contributed by atoms with van der Waals surface area (Å²) >= 11 is 0. The van der Waals surface area contributed by atoms with Crippen LogP contribution in [0.1, 0.15) is 31.2 Å². The van der Waals surface area contributed by atoms with Crippen LogP contribution >= 0.6 is 0 Å². The predicted octanol–water partition coefficient (Wildman–Crippen LogP) is 2.00. The topological polar surface area (TPSA) is 76.5 Å². The molecule has 3 heterocycles. The number of nitrogens with zero attached hydrogens (tertiary/aromatic N) is 3. The van der Waals surface area contributed by atoms with Crippen molar-refractivity contribution in [2.75, 3.05) is 31.1 Å². The minimum absolute atomic E-state index is 0.0656. The molecular formula is C23H30N4O3. The van der Waals surface area contributed by atoms with Gasteiger partial charge >= 0.3 is 0 Å². The van der Waals surface area contributed by atoms with Crippen LogP contribution in [0.2, 0.25) is 0 Å². The molecule has 0 saturated carbocycles. The molecule has 1 atom stereocenters. The van der Waals surface area contributed by atoms with Crippen LogP contribution < -0.4 is 15.8 Å². The Labute approximate surface area is 177 Å². The maximum Gasteiger partial charge on any atom is 0.267 e. The van der Waals surface area contributed by atoms with Gasteiger partial charge in [0.25, 0.3) is 5.56 Å². The van der Waals surface area contributed by atoms with Gasteiger partial charge in [-0.1, -0.05) is 30.3 Å². The Morgan fingerprint density at radius 3 is 2.63 bits per heavy atom. The van der Waals surface area contributed by atoms with Gasteiger partial charge in [0.15, 0.2) is 0 Å². The quantitative estimate of drug-likeness (QED) is 0.756. The molecule has 0 spiro atoms. The van der Waals surface area contributed by atoms with Crippen LogP contribution in [0.3, 0.4) is 0 Å². The molecule has 30 heavy (non-hydrogen) atoms. The molecular weight excluding hydrogens is 380 g/mol. The summed E-state index contributed by atoms with van der Waals surface area (Å²) in [5.74, 6) is 1.22. The van der Waals surface area contributed by atoms with Crippen LogP contribution in [0.4, 0.5) is 5.82 Å². The zero-order valence-electron chi connectivity index (χ0n) is 17.3. The van der Waals surface area contributed by atoms with Gasteiger partial charge < -0.3 is 15.0 Å². The molecule has 1 aromatic heterocycles. The van der Waals surface area contributed by atoms with E-state index in [0.717, 1.165) is 57.6 Å². The molecule has 2 aliphatic heterocycles. The first-order valence-electron chi connectivity index (χ1n) is 10.9. The fraction of sp³-hybridized carbons (Fsp3) is 0.522. The molecule has 7 heteroatoms. The van der Waals surface area contributed by atoms with Crippen LogP contribution in [-0.2, 0) is 22.5 Å². The number of anilines is 1. The van der Waals surface area contributed by atoms with Crippen LogP contribution in [0, 0.1) is 5.92 Å². The Morgan fingerprint density at radius 1 is 1.10 bits per heavy atom. The van der Waals surface area contributed by atoms with Crippen molar-refractivity contribution < 1.29 is 9.53 Å². The Bertz CT molecular complexity index is 885. The molecule has 1 aromatic carbocycles. The Balaban J connectivity index is 1.30. The average Bonchev–Trinajstić information content (AvgIpc) is 3.29. The number of amides is 1. The zero-order chi connectivity index (χ0) is 20.8. The van der Waals surface area contributed by atoms with E-state index < -0.39 is 0 Å². The molecule has 1 unspecified atom stereocenters. The molecule has 0 radical (unpaired) electrons. The first-order valence-corrected chi connectivity index (χ1v) is 10.9. The maximum absolute atomic E-state index is 12.2. The van der Waals surface area contributed by atoms with Gasteiger partial charge in [-0.15, -0.1) is 0 Å². The van der Waals surface area contributed by atoms with Crippen molar-refractivity contribution in [2.45, 2.75) is 44.8 Å². The summed E-state index contributed by atoms with van der Waals surface area (Å²) in [5.41, 5.74) is 1.13. The molecule has 7 nitrogen and oxygen atoms in total.